The summed E-state index contributed by atoms with van der Waals surface area (Å²) in [7, 11) is -2.81. The lowest BCUT2D eigenvalue weighted by Gasteiger charge is -2.11. The molecule has 0 unspecified atom stereocenters. The molecule has 1 heterocycles. The first-order chi connectivity index (χ1) is 10.1. The Morgan fingerprint density at radius 1 is 1.00 bits per heavy atom. The summed E-state index contributed by atoms with van der Waals surface area (Å²) in [4.78, 5) is 0. The molecule has 3 rings (SSSR count). The monoisotopic (exact) mass is 301 g/mol. The first kappa shape index (κ1) is 14.3. The van der Waals surface area contributed by atoms with Gasteiger partial charge in [0.1, 0.15) is 0 Å². The molecule has 1 fully saturated rings. The number of rotatable bonds is 4. The van der Waals surface area contributed by atoms with Gasteiger partial charge < -0.3 is 5.32 Å². The van der Waals surface area contributed by atoms with Crippen LogP contribution in [-0.4, -0.2) is 26.0 Å². The fourth-order valence-corrected chi connectivity index (χ4v) is 4.42. The van der Waals surface area contributed by atoms with E-state index in [1.165, 1.54) is 16.7 Å². The summed E-state index contributed by atoms with van der Waals surface area (Å²) < 4.78 is 22.9. The van der Waals surface area contributed by atoms with E-state index in [0.29, 0.717) is 12.3 Å². The number of sulfone groups is 1. The van der Waals surface area contributed by atoms with E-state index < -0.39 is 9.84 Å². The predicted molar refractivity (Wildman–Crippen MR) is 85.8 cm³/mol. The lowest BCUT2D eigenvalue weighted by molar-refractivity contribution is 0.554. The Hall–Kier alpha value is -1.65. The zero-order chi connectivity index (χ0) is 14.7. The van der Waals surface area contributed by atoms with Crippen LogP contribution < -0.4 is 5.32 Å². The molecule has 0 saturated carbocycles. The molecular formula is C17H19NO2S. The molecular weight excluding hydrogens is 282 g/mol. The van der Waals surface area contributed by atoms with E-state index in [1.807, 2.05) is 24.3 Å². The zero-order valence-corrected chi connectivity index (χ0v) is 12.6. The predicted octanol–water partition coefficient (Wildman–Crippen LogP) is 2.63. The zero-order valence-electron chi connectivity index (χ0n) is 11.8. The summed E-state index contributed by atoms with van der Waals surface area (Å²) in [6.07, 6.45) is 0.723. The van der Waals surface area contributed by atoms with E-state index in [0.717, 1.165) is 6.42 Å². The average Bonchev–Trinajstić information content (AvgIpc) is 2.86. The highest BCUT2D eigenvalue weighted by atomic mass is 32.2. The number of nitrogens with one attached hydrogen (secondary N) is 1. The standard InChI is InChI=1S/C17H19NO2S/c19-21(20)10-9-17(13-21)18-12-14-5-4-8-16(11-14)15-6-2-1-3-7-15/h1-8,11,17-18H,9-10,12-13H2/t17-/m1/s1. The Morgan fingerprint density at radius 3 is 2.48 bits per heavy atom. The summed E-state index contributed by atoms with van der Waals surface area (Å²) in [5.41, 5.74) is 3.57. The minimum absolute atomic E-state index is 0.0929. The van der Waals surface area contributed by atoms with Crippen LogP contribution in [0.15, 0.2) is 54.6 Å². The van der Waals surface area contributed by atoms with Gasteiger partial charge in [-0.1, -0.05) is 48.5 Å². The largest absolute Gasteiger partial charge is 0.309 e. The Bertz CT molecular complexity index is 711. The topological polar surface area (TPSA) is 46.2 Å². The van der Waals surface area contributed by atoms with Gasteiger partial charge in [-0.15, -0.1) is 0 Å². The third kappa shape index (κ3) is 3.71. The molecule has 110 valence electrons. The van der Waals surface area contributed by atoms with E-state index in [2.05, 4.69) is 35.6 Å². The van der Waals surface area contributed by atoms with Gasteiger partial charge >= 0.3 is 0 Å². The second-order valence-electron chi connectivity index (χ2n) is 5.55. The first-order valence-corrected chi connectivity index (χ1v) is 9.03. The molecule has 4 heteroatoms. The molecule has 0 aromatic heterocycles. The lowest BCUT2D eigenvalue weighted by atomic mass is 10.0. The maximum atomic E-state index is 11.5. The van der Waals surface area contributed by atoms with Crippen LogP contribution in [0.3, 0.4) is 0 Å². The van der Waals surface area contributed by atoms with Crippen LogP contribution in [0.25, 0.3) is 11.1 Å². The van der Waals surface area contributed by atoms with Crippen LogP contribution >= 0.6 is 0 Å². The second-order valence-corrected chi connectivity index (χ2v) is 7.78. The molecule has 1 aliphatic rings. The van der Waals surface area contributed by atoms with Crippen LogP contribution in [0.4, 0.5) is 0 Å². The van der Waals surface area contributed by atoms with Crippen molar-refractivity contribution in [3.63, 3.8) is 0 Å². The molecule has 1 N–H and O–H groups in total. The molecule has 21 heavy (non-hydrogen) atoms. The van der Waals surface area contributed by atoms with Crippen molar-refractivity contribution in [3.8, 4) is 11.1 Å². The molecule has 2 aromatic rings. The first-order valence-electron chi connectivity index (χ1n) is 7.21. The molecule has 0 spiro atoms. The van der Waals surface area contributed by atoms with Gasteiger partial charge in [0.15, 0.2) is 9.84 Å². The van der Waals surface area contributed by atoms with Crippen LogP contribution in [0.2, 0.25) is 0 Å². The number of hydrogen-bond acceptors (Lipinski definition) is 3. The van der Waals surface area contributed by atoms with Gasteiger partial charge in [0.25, 0.3) is 0 Å². The average molecular weight is 301 g/mol. The van der Waals surface area contributed by atoms with Gasteiger partial charge in [-0.05, 0) is 29.2 Å². The Morgan fingerprint density at radius 2 is 1.76 bits per heavy atom. The van der Waals surface area contributed by atoms with Crippen LogP contribution in [0.5, 0.6) is 0 Å². The molecule has 0 aliphatic carbocycles. The summed E-state index contributed by atoms with van der Waals surface area (Å²) in [5.74, 6) is 0.583. The van der Waals surface area contributed by atoms with E-state index in [9.17, 15) is 8.42 Å². The summed E-state index contributed by atoms with van der Waals surface area (Å²) in [5, 5.41) is 3.35. The van der Waals surface area contributed by atoms with Crippen molar-refractivity contribution < 1.29 is 8.42 Å². The molecule has 1 atom stereocenters. The Balaban J connectivity index is 1.67. The molecule has 0 amide bonds. The molecule has 1 saturated heterocycles. The van der Waals surface area contributed by atoms with Crippen molar-refractivity contribution in [1.82, 2.24) is 5.32 Å². The highest BCUT2D eigenvalue weighted by Crippen LogP contribution is 2.20. The SMILES string of the molecule is O=S1(=O)CC[C@@H](NCc2cccc(-c3ccccc3)c2)C1. The molecule has 1 aliphatic heterocycles. The van der Waals surface area contributed by atoms with E-state index in [1.54, 1.807) is 0 Å². The van der Waals surface area contributed by atoms with Gasteiger partial charge in [-0.3, -0.25) is 0 Å². The number of benzene rings is 2. The summed E-state index contributed by atoms with van der Waals surface area (Å²) in [6.45, 7) is 0.709. The third-order valence-corrected chi connectivity index (χ3v) is 5.63. The molecule has 0 bridgehead atoms. The van der Waals surface area contributed by atoms with Crippen molar-refractivity contribution in [1.29, 1.82) is 0 Å². The Kier molecular flexibility index (Phi) is 4.08. The molecule has 0 radical (unpaired) electrons. The second kappa shape index (κ2) is 6.00. The van der Waals surface area contributed by atoms with E-state index >= 15 is 0 Å². The fraction of sp³-hybridized carbons (Fsp3) is 0.294. The van der Waals surface area contributed by atoms with Crippen LogP contribution in [0, 0.1) is 0 Å². The fourth-order valence-electron chi connectivity index (χ4n) is 2.71. The van der Waals surface area contributed by atoms with Crippen molar-refractivity contribution in [2.45, 2.75) is 19.0 Å². The van der Waals surface area contributed by atoms with Crippen molar-refractivity contribution in [3.05, 3.63) is 60.2 Å². The van der Waals surface area contributed by atoms with Gasteiger partial charge in [-0.2, -0.15) is 0 Å². The van der Waals surface area contributed by atoms with Gasteiger partial charge in [0, 0.05) is 12.6 Å². The maximum absolute atomic E-state index is 11.5. The number of hydrogen-bond donors (Lipinski definition) is 1. The third-order valence-electron chi connectivity index (χ3n) is 3.86. The Labute approximate surface area is 125 Å². The summed E-state index contributed by atoms with van der Waals surface area (Å²) >= 11 is 0. The lowest BCUT2D eigenvalue weighted by Crippen LogP contribution is -2.29. The van der Waals surface area contributed by atoms with Gasteiger partial charge in [0.2, 0.25) is 0 Å². The van der Waals surface area contributed by atoms with Crippen molar-refractivity contribution in [2.24, 2.45) is 0 Å². The highest BCUT2D eigenvalue weighted by molar-refractivity contribution is 7.91. The van der Waals surface area contributed by atoms with Crippen LogP contribution in [0.1, 0.15) is 12.0 Å². The maximum Gasteiger partial charge on any atom is 0.151 e. The quantitative estimate of drug-likeness (QED) is 0.944. The minimum atomic E-state index is -2.81. The molecule has 2 aromatic carbocycles. The van der Waals surface area contributed by atoms with Gasteiger partial charge in [-0.25, -0.2) is 8.42 Å². The highest BCUT2D eigenvalue weighted by Gasteiger charge is 2.27. The minimum Gasteiger partial charge on any atom is -0.309 e. The van der Waals surface area contributed by atoms with Crippen molar-refractivity contribution >= 4 is 9.84 Å². The van der Waals surface area contributed by atoms with E-state index in [4.69, 9.17) is 0 Å². The smallest absolute Gasteiger partial charge is 0.151 e. The normalized spacial score (nSPS) is 20.5. The molecule has 3 nitrogen and oxygen atoms in total. The summed E-state index contributed by atoms with van der Waals surface area (Å²) in [6, 6.07) is 18.7. The van der Waals surface area contributed by atoms with Gasteiger partial charge in [0.05, 0.1) is 11.5 Å². The van der Waals surface area contributed by atoms with Crippen molar-refractivity contribution in [2.75, 3.05) is 11.5 Å². The van der Waals surface area contributed by atoms with Crippen LogP contribution in [-0.2, 0) is 16.4 Å². The van der Waals surface area contributed by atoms with E-state index in [-0.39, 0.29) is 11.8 Å².